The van der Waals surface area contributed by atoms with Crippen LogP contribution >= 0.6 is 23.2 Å². The second-order valence-corrected chi connectivity index (χ2v) is 5.31. The molecule has 0 atom stereocenters. The molecule has 3 nitrogen and oxygen atoms in total. The maximum Gasteiger partial charge on any atom is 0.147 e. The first-order chi connectivity index (χ1) is 8.20. The summed E-state index contributed by atoms with van der Waals surface area (Å²) in [5.74, 6) is 1.60. The van der Waals surface area contributed by atoms with E-state index in [-0.39, 0.29) is 0 Å². The van der Waals surface area contributed by atoms with E-state index in [1.165, 1.54) is 0 Å². The average Bonchev–Trinajstić information content (AvgIpc) is 2.31. The second kappa shape index (κ2) is 5.89. The number of nitrogens with two attached hydrogens (primary N) is 1. The van der Waals surface area contributed by atoms with Crippen LogP contribution in [0.25, 0.3) is 0 Å². The van der Waals surface area contributed by atoms with E-state index in [1.807, 2.05) is 0 Å². The van der Waals surface area contributed by atoms with Gasteiger partial charge in [0.15, 0.2) is 0 Å². The molecule has 1 aliphatic heterocycles. The highest BCUT2D eigenvalue weighted by Crippen LogP contribution is 2.30. The molecule has 0 radical (unpaired) electrons. The predicted octanol–water partition coefficient (Wildman–Crippen LogP) is 2.95. The zero-order chi connectivity index (χ0) is 12.3. The van der Waals surface area contributed by atoms with Crippen LogP contribution in [0.5, 0.6) is 0 Å². The number of anilines is 1. The van der Waals surface area contributed by atoms with Crippen LogP contribution in [0.15, 0.2) is 12.3 Å². The Bertz CT molecular complexity index is 376. The van der Waals surface area contributed by atoms with Gasteiger partial charge in [-0.25, -0.2) is 4.98 Å². The molecule has 0 aliphatic carbocycles. The van der Waals surface area contributed by atoms with Gasteiger partial charge in [0.2, 0.25) is 0 Å². The average molecular weight is 274 g/mol. The van der Waals surface area contributed by atoms with E-state index in [1.54, 1.807) is 12.3 Å². The summed E-state index contributed by atoms with van der Waals surface area (Å²) < 4.78 is 0. The fourth-order valence-electron chi connectivity index (χ4n) is 2.31. The molecule has 5 heteroatoms. The maximum absolute atomic E-state index is 6.15. The van der Waals surface area contributed by atoms with Crippen molar-refractivity contribution >= 4 is 29.0 Å². The summed E-state index contributed by atoms with van der Waals surface area (Å²) in [6, 6.07) is 1.75. The van der Waals surface area contributed by atoms with E-state index in [4.69, 9.17) is 28.9 Å². The van der Waals surface area contributed by atoms with E-state index in [0.717, 1.165) is 50.6 Å². The van der Waals surface area contributed by atoms with Gasteiger partial charge in [-0.15, -0.1) is 0 Å². The summed E-state index contributed by atoms with van der Waals surface area (Å²) in [6.45, 7) is 2.78. The Morgan fingerprint density at radius 1 is 1.35 bits per heavy atom. The summed E-state index contributed by atoms with van der Waals surface area (Å²) in [4.78, 5) is 6.54. The van der Waals surface area contributed by atoms with Crippen molar-refractivity contribution in [3.63, 3.8) is 0 Å². The van der Waals surface area contributed by atoms with Gasteiger partial charge in [0.1, 0.15) is 5.82 Å². The number of nitrogens with zero attached hydrogens (tertiary/aromatic N) is 2. The molecule has 2 heterocycles. The third kappa shape index (κ3) is 3.24. The molecule has 1 saturated heterocycles. The van der Waals surface area contributed by atoms with Gasteiger partial charge in [-0.2, -0.15) is 0 Å². The van der Waals surface area contributed by atoms with Crippen molar-refractivity contribution in [3.8, 4) is 0 Å². The third-order valence-corrected chi connectivity index (χ3v) is 3.76. The molecule has 0 saturated carbocycles. The lowest BCUT2D eigenvalue weighted by Crippen LogP contribution is -2.35. The zero-order valence-corrected chi connectivity index (χ0v) is 11.2. The van der Waals surface area contributed by atoms with Crippen molar-refractivity contribution in [1.29, 1.82) is 0 Å². The predicted molar refractivity (Wildman–Crippen MR) is 72.9 cm³/mol. The first-order valence-corrected chi connectivity index (χ1v) is 6.72. The van der Waals surface area contributed by atoms with Gasteiger partial charge >= 0.3 is 0 Å². The van der Waals surface area contributed by atoms with E-state index >= 15 is 0 Å². The van der Waals surface area contributed by atoms with Crippen LogP contribution in [-0.4, -0.2) is 24.6 Å². The Morgan fingerprint density at radius 3 is 2.65 bits per heavy atom. The molecule has 0 aromatic carbocycles. The summed E-state index contributed by atoms with van der Waals surface area (Å²) >= 11 is 12.0. The first-order valence-electron chi connectivity index (χ1n) is 5.96. The quantitative estimate of drug-likeness (QED) is 0.921. The highest BCUT2D eigenvalue weighted by Gasteiger charge is 2.21. The number of aromatic nitrogens is 1. The Hall–Kier alpha value is -0.510. The lowest BCUT2D eigenvalue weighted by atomic mass is 9.94. The Labute approximate surface area is 112 Å². The van der Waals surface area contributed by atoms with Gasteiger partial charge in [-0.1, -0.05) is 23.2 Å². The smallest absolute Gasteiger partial charge is 0.147 e. The Morgan fingerprint density at radius 2 is 2.06 bits per heavy atom. The van der Waals surface area contributed by atoms with Crippen LogP contribution in [0.3, 0.4) is 0 Å². The number of halogens is 2. The van der Waals surface area contributed by atoms with Gasteiger partial charge in [0.25, 0.3) is 0 Å². The van der Waals surface area contributed by atoms with Crippen molar-refractivity contribution in [2.24, 2.45) is 11.7 Å². The number of pyridine rings is 1. The van der Waals surface area contributed by atoms with Crippen LogP contribution < -0.4 is 10.6 Å². The Kier molecular flexibility index (Phi) is 4.48. The minimum absolute atomic E-state index is 0.580. The molecular formula is C12H17Cl2N3. The molecule has 1 fully saturated rings. The van der Waals surface area contributed by atoms with Crippen LogP contribution in [-0.2, 0) is 0 Å². The highest BCUT2D eigenvalue weighted by molar-refractivity contribution is 6.36. The number of piperidine rings is 1. The minimum atomic E-state index is 0.580. The van der Waals surface area contributed by atoms with Gasteiger partial charge in [-0.3, -0.25) is 0 Å². The molecule has 17 heavy (non-hydrogen) atoms. The van der Waals surface area contributed by atoms with Gasteiger partial charge in [-0.05, 0) is 37.8 Å². The molecule has 0 amide bonds. The molecule has 1 aliphatic rings. The fourth-order valence-corrected chi connectivity index (χ4v) is 2.81. The van der Waals surface area contributed by atoms with Gasteiger partial charge < -0.3 is 10.6 Å². The first kappa shape index (κ1) is 12.9. The minimum Gasteiger partial charge on any atom is -0.355 e. The largest absolute Gasteiger partial charge is 0.355 e. The lowest BCUT2D eigenvalue weighted by molar-refractivity contribution is 0.385. The number of hydrogen-bond acceptors (Lipinski definition) is 3. The molecule has 2 rings (SSSR count). The summed E-state index contributed by atoms with van der Waals surface area (Å²) in [7, 11) is 0. The molecule has 1 aromatic rings. The van der Waals surface area contributed by atoms with Crippen LogP contribution in [0.4, 0.5) is 5.82 Å². The maximum atomic E-state index is 6.15. The molecule has 94 valence electrons. The fraction of sp³-hybridized carbons (Fsp3) is 0.583. The van der Waals surface area contributed by atoms with Crippen molar-refractivity contribution in [2.45, 2.75) is 19.3 Å². The van der Waals surface area contributed by atoms with Gasteiger partial charge in [0.05, 0.1) is 10.0 Å². The monoisotopic (exact) mass is 273 g/mol. The molecule has 1 aromatic heterocycles. The normalized spacial score (nSPS) is 17.5. The van der Waals surface area contributed by atoms with Gasteiger partial charge in [0, 0.05) is 19.3 Å². The molecule has 2 N–H and O–H groups in total. The zero-order valence-electron chi connectivity index (χ0n) is 9.70. The standard InChI is InChI=1S/C12H17Cl2N3/c13-10-7-11(14)12(16-8-10)17-5-2-9(1-4-15)3-6-17/h7-9H,1-6,15H2. The van der Waals surface area contributed by atoms with Crippen LogP contribution in [0.2, 0.25) is 10.0 Å². The Balaban J connectivity index is 2.00. The molecular weight excluding hydrogens is 257 g/mol. The van der Waals surface area contributed by atoms with E-state index in [0.29, 0.717) is 10.0 Å². The molecule has 0 spiro atoms. The van der Waals surface area contributed by atoms with E-state index < -0.39 is 0 Å². The summed E-state index contributed by atoms with van der Waals surface area (Å²) in [5.41, 5.74) is 5.58. The summed E-state index contributed by atoms with van der Waals surface area (Å²) in [6.07, 6.45) is 5.10. The second-order valence-electron chi connectivity index (χ2n) is 4.47. The summed E-state index contributed by atoms with van der Waals surface area (Å²) in [5, 5.41) is 1.21. The number of rotatable bonds is 3. The molecule has 0 bridgehead atoms. The third-order valence-electron chi connectivity index (χ3n) is 3.28. The van der Waals surface area contributed by atoms with Crippen molar-refractivity contribution in [1.82, 2.24) is 4.98 Å². The van der Waals surface area contributed by atoms with Crippen LogP contribution in [0, 0.1) is 5.92 Å². The van der Waals surface area contributed by atoms with Crippen molar-refractivity contribution in [3.05, 3.63) is 22.3 Å². The molecule has 0 unspecified atom stereocenters. The lowest BCUT2D eigenvalue weighted by Gasteiger charge is -2.33. The van der Waals surface area contributed by atoms with Crippen molar-refractivity contribution in [2.75, 3.05) is 24.5 Å². The highest BCUT2D eigenvalue weighted by atomic mass is 35.5. The van der Waals surface area contributed by atoms with Crippen LogP contribution in [0.1, 0.15) is 19.3 Å². The van der Waals surface area contributed by atoms with E-state index in [9.17, 15) is 0 Å². The topological polar surface area (TPSA) is 42.1 Å². The SMILES string of the molecule is NCCC1CCN(c2ncc(Cl)cc2Cl)CC1. The van der Waals surface area contributed by atoms with Crippen molar-refractivity contribution < 1.29 is 0 Å². The number of hydrogen-bond donors (Lipinski definition) is 1. The van der Waals surface area contributed by atoms with E-state index in [2.05, 4.69) is 9.88 Å².